The summed E-state index contributed by atoms with van der Waals surface area (Å²) >= 11 is 90.9. The van der Waals surface area contributed by atoms with Gasteiger partial charge in [0.05, 0.1) is 87.2 Å². The summed E-state index contributed by atoms with van der Waals surface area (Å²) in [4.78, 5) is 43.2. The molecule has 0 fully saturated rings. The van der Waals surface area contributed by atoms with E-state index in [1.807, 2.05) is 81.4 Å². The number of hydrogen-bond acceptors (Lipinski definition) is 28. The van der Waals surface area contributed by atoms with Crippen LogP contribution in [0.4, 0.5) is 0 Å². The molecule has 0 bridgehead atoms. The van der Waals surface area contributed by atoms with Crippen molar-refractivity contribution in [3.8, 4) is 40.2 Å². The zero-order chi connectivity index (χ0) is 106. The maximum absolute atomic E-state index is 12.0. The molecule has 0 spiro atoms. The molecule has 28 nitrogen and oxygen atoms in total. The van der Waals surface area contributed by atoms with Gasteiger partial charge >= 0.3 is 35.4 Å². The number of alkyl halides is 6. The number of aliphatic hydroxyl groups excluding tert-OH is 1. The van der Waals surface area contributed by atoms with Gasteiger partial charge in [0, 0.05) is 63.4 Å². The average molecular weight is 2600 g/mol. The Balaban J connectivity index is -0.000000531. The summed E-state index contributed by atoms with van der Waals surface area (Å²) in [5.41, 5.74) is 5.77. The molecule has 146 heavy (non-hydrogen) atoms. The van der Waals surface area contributed by atoms with E-state index in [9.17, 15) is 43.9 Å². The van der Waals surface area contributed by atoms with Crippen molar-refractivity contribution in [3.05, 3.63) is 272 Å². The number of nitrogens with zero attached hydrogens (tertiary/aromatic N) is 3. The smallest absolute Gasteiger partial charge is 1.00 e. The summed E-state index contributed by atoms with van der Waals surface area (Å²) < 4.78 is 140. The molecule has 0 aliphatic carbocycles. The third-order valence-electron chi connectivity index (χ3n) is 18.0. The van der Waals surface area contributed by atoms with E-state index in [2.05, 4.69) is 69.7 Å². The van der Waals surface area contributed by atoms with E-state index in [1.54, 1.807) is 74.5 Å². The minimum Gasteiger partial charge on any atom is -1.00 e. The molecule has 810 valence electrons. The summed E-state index contributed by atoms with van der Waals surface area (Å²) in [5, 5.41) is 40.6. The normalized spacial score (nSPS) is 10.6. The van der Waals surface area contributed by atoms with E-state index in [0.717, 1.165) is 108 Å². The number of carbonyl (C=O) groups excluding carboxylic acids is 4. The molecule has 50 heteroatoms. The molecule has 0 atom stereocenters. The zero-order valence-electron chi connectivity index (χ0n) is 79.1. The van der Waals surface area contributed by atoms with E-state index in [4.69, 9.17) is 240 Å². The predicted molar refractivity (Wildman–Crippen MR) is 590 cm³/mol. The monoisotopic (exact) mass is 2590 g/mol. The number of halogens is 17. The second-order valence-corrected chi connectivity index (χ2v) is 44.8. The Morgan fingerprint density at radius 2 is 0.664 bits per heavy atom. The van der Waals surface area contributed by atoms with Gasteiger partial charge in [-0.15, -0.1) is 58.0 Å². The minimum atomic E-state index is -4.00. The predicted octanol–water partition coefficient (Wildman–Crippen LogP) is 24.6. The number of rotatable bonds is 34. The van der Waals surface area contributed by atoms with Crippen LogP contribution in [0, 0.1) is 28.2 Å². The molecule has 0 aliphatic heterocycles. The molecule has 3 heterocycles. The van der Waals surface area contributed by atoms with Gasteiger partial charge in [-0.1, -0.05) is 231 Å². The fraction of sp³-hybridized carbons (Fsp3) is 0.375. The van der Waals surface area contributed by atoms with E-state index < -0.39 is 63.9 Å². The number of phenols is 2. The van der Waals surface area contributed by atoms with Gasteiger partial charge in [0.1, 0.15) is 31.3 Å². The number of phenolic OH excluding ortho intramolecular Hbond substituents is 2. The summed E-state index contributed by atoms with van der Waals surface area (Å²) in [7, 11) is -14.5. The number of benzene rings is 8. The van der Waals surface area contributed by atoms with Gasteiger partial charge in [-0.25, -0.2) is 40.2 Å². The van der Waals surface area contributed by atoms with Crippen molar-refractivity contribution >= 4 is 272 Å². The fourth-order valence-corrected chi connectivity index (χ4v) is 18.5. The standard InChI is InChI=1S/C23H24Cl3NO5S.C18H19Cl3O2.C12H15Cl3O2.C12H13NO6S2.C10H11Cl3O.C7H6Cl2O.C5H7NO4S.C3H6ClI.2CO2.3CH4.CH3.BrH.Mg/c1-23(2,16-11-18(25)21(19(26)12-16)30-10-4-9-24)15-5-7-17(8-6-15)31-13-20-22(27-14-32-20)33(3,28)29;1-18(2,12-4-6-14(22)7-5-12)13-10-15(20)17(16(21)11-13)23-9-3-8-19;1-12(2,16)8-6-9(14)11(10(15)7-8)17-5-3-4-13;1-9-3-5-10(6-4-9)21(16,17)19-7-11-12(13-8-18-11)20(2,14)15;1-7-5-8(12)10(9(13)6-7)14-4-2-3-11;1-4-2-5(8)7(10)6(9)3-4;1-11(8,9)5-4(2-7)10-3-6-5;4-2-1-3-5;2*2-1-3;;;;;;/h5-8,11-12,14H,4,9-10,13H2,1-3H3;4-7,10-11,22H,3,8-9H2,1-2H3;6-7,16H,3-5H2,1-2H3;3-6,8H,7H2,1-2H3;5-6H,2-4H2,1H3;2-3,10H,1H3;3,7H,2H2,1H3;1-3H2;;;3*1H4;1H3;1H;/q;;;;;;;;;;;;;-1;;+2/p-1. The molecule has 3 aromatic heterocycles. The van der Waals surface area contributed by atoms with Crippen LogP contribution in [-0.4, -0.2) is 183 Å². The second-order valence-electron chi connectivity index (χ2n) is 30.3. The van der Waals surface area contributed by atoms with Crippen LogP contribution in [0.5, 0.6) is 40.2 Å². The van der Waals surface area contributed by atoms with Crippen molar-refractivity contribution in [1.82, 2.24) is 15.0 Å². The molecule has 0 unspecified atom stereocenters. The fourth-order valence-electron chi connectivity index (χ4n) is 10.9. The van der Waals surface area contributed by atoms with Crippen LogP contribution < -0.4 is 40.7 Å². The third-order valence-corrected chi connectivity index (χ3v) is 27.3. The number of oxazole rings is 3. The Hall–Kier alpha value is -5.24. The first-order valence-corrected chi connectivity index (χ1v) is 55.7. The largest absolute Gasteiger partial charge is 2.00 e. The third kappa shape index (κ3) is 52.6. The summed E-state index contributed by atoms with van der Waals surface area (Å²) in [5.74, 6) is 5.58. The first kappa shape index (κ1) is 149. The molecule has 4 N–H and O–H groups in total. The van der Waals surface area contributed by atoms with Gasteiger partial charge in [0.15, 0.2) is 110 Å². The second kappa shape index (κ2) is 74.7. The van der Waals surface area contributed by atoms with Crippen LogP contribution in [0.3, 0.4) is 0 Å². The Morgan fingerprint density at radius 3 is 0.938 bits per heavy atom. The molecule has 11 rings (SSSR count). The first-order valence-electron chi connectivity index (χ1n) is 40.7. The van der Waals surface area contributed by atoms with Crippen molar-refractivity contribution in [3.63, 3.8) is 0 Å². The molecule has 0 saturated carbocycles. The number of aryl methyl sites for hydroxylation is 3. The van der Waals surface area contributed by atoms with Gasteiger partial charge in [-0.05, 0) is 203 Å². The van der Waals surface area contributed by atoms with Crippen LogP contribution in [0.2, 0.25) is 50.2 Å². The van der Waals surface area contributed by atoms with Crippen LogP contribution in [0.15, 0.2) is 186 Å². The molecule has 11 aromatic rings. The van der Waals surface area contributed by atoms with Crippen molar-refractivity contribution < 1.29 is 131 Å². The van der Waals surface area contributed by atoms with Gasteiger partial charge in [0.25, 0.3) is 10.1 Å². The van der Waals surface area contributed by atoms with Crippen molar-refractivity contribution in [2.24, 2.45) is 0 Å². The number of aromatic nitrogens is 3. The Labute approximate surface area is 971 Å². The molecular weight excluding hydrogens is 2490 g/mol. The number of aliphatic hydroxyl groups is 2. The van der Waals surface area contributed by atoms with Gasteiger partial charge in [-0.2, -0.15) is 27.6 Å². The topological polar surface area (TPSA) is 419 Å². The summed E-state index contributed by atoms with van der Waals surface area (Å²) in [6.45, 7) is 18.1. The number of hydrogen-bond donors (Lipinski definition) is 4. The SMILES string of the molecule is C.C.C.CC(C)(O)c1cc(Cl)c(OCCCCl)c(Cl)c1.CC(C)(c1ccc(O)cc1)c1cc(Cl)c(OCCCCl)c(Cl)c1.CC(C)(c1ccc(OCc2ocnc2S(C)(=O)=O)cc1)c1cc(Cl)c(OCCCCl)c(Cl)c1.CS(=O)(=O)c1ncoc1CO.Cc1cc(Cl)c(O)c(Cl)c1.Cc1cc(Cl)c(OCCCCl)c(Cl)c1.Cc1ccc(S(=O)(=O)OCc2ocnc2S(C)(=O)=O)cc1.ClCCCI.O=C=O.O=C=O.[Br-].[CH3-].[Mg+2]. The molecule has 0 radical (unpaired) electrons. The van der Waals surface area contributed by atoms with Crippen LogP contribution in [0.1, 0.15) is 158 Å². The summed E-state index contributed by atoms with van der Waals surface area (Å²) in [6.07, 6.45) is 10.6. The van der Waals surface area contributed by atoms with Crippen LogP contribution in [-0.2, 0) is 99.2 Å². The molecule has 0 amide bonds. The maximum Gasteiger partial charge on any atom is 2.00 e. The van der Waals surface area contributed by atoms with Crippen molar-refractivity contribution in [1.29, 1.82) is 0 Å². The van der Waals surface area contributed by atoms with E-state index >= 15 is 0 Å². The Kier molecular flexibility index (Phi) is 76.4. The first-order chi connectivity index (χ1) is 65.5. The maximum atomic E-state index is 12.0. The molecular formula is C96H116BrCl15IMgN3O25S4. The van der Waals surface area contributed by atoms with Crippen molar-refractivity contribution in [2.45, 2.75) is 173 Å². The molecule has 0 saturated heterocycles. The zero-order valence-corrected chi connectivity index (χ0v) is 98.9. The van der Waals surface area contributed by atoms with Gasteiger partial charge < -0.3 is 81.8 Å². The van der Waals surface area contributed by atoms with Crippen LogP contribution >= 0.6 is 197 Å². The number of sulfone groups is 3. The van der Waals surface area contributed by atoms with Crippen LogP contribution in [0.25, 0.3) is 0 Å². The average Bonchev–Trinajstić information content (AvgIpc) is 1.25. The van der Waals surface area contributed by atoms with E-state index in [-0.39, 0.29) is 143 Å². The Bertz CT molecular complexity index is 6140. The molecule has 0 aliphatic rings. The van der Waals surface area contributed by atoms with Gasteiger partial charge in [-0.3, -0.25) is 4.18 Å². The summed E-state index contributed by atoms with van der Waals surface area (Å²) in [6, 6.07) is 38.4. The van der Waals surface area contributed by atoms with E-state index in [1.165, 1.54) is 16.6 Å². The quantitative estimate of drug-likeness (QED) is 0.00726. The Morgan fingerprint density at radius 1 is 0.390 bits per heavy atom. The van der Waals surface area contributed by atoms with Gasteiger partial charge in [0.2, 0.25) is 0 Å². The minimum absolute atomic E-state index is 0. The van der Waals surface area contributed by atoms with Crippen molar-refractivity contribution in [2.75, 3.05) is 79.0 Å². The van der Waals surface area contributed by atoms with E-state index in [0.29, 0.717) is 141 Å². The molecule has 8 aromatic carbocycles. The number of ether oxygens (including phenoxy) is 5. The number of aromatic hydroxyl groups is 2.